The molecule has 3 N–H and O–H groups in total. The summed E-state index contributed by atoms with van der Waals surface area (Å²) in [6.45, 7) is 5.26. The number of aromatic nitrogens is 1. The van der Waals surface area contributed by atoms with Crippen LogP contribution >= 0.6 is 11.8 Å². The molecule has 2 rings (SSSR count). The highest BCUT2D eigenvalue weighted by Gasteiger charge is 2.27. The first-order valence-corrected chi connectivity index (χ1v) is 13.1. The highest BCUT2D eigenvalue weighted by Crippen LogP contribution is 2.13. The lowest BCUT2D eigenvalue weighted by Gasteiger charge is -2.27. The molecule has 0 aliphatic rings. The molecule has 1 aromatic heterocycles. The lowest BCUT2D eigenvalue weighted by molar-refractivity contribution is -0.144. The Bertz CT molecular complexity index is 854. The van der Waals surface area contributed by atoms with Gasteiger partial charge in [-0.2, -0.15) is 11.8 Å². The molecule has 1 aromatic carbocycles. The van der Waals surface area contributed by atoms with Gasteiger partial charge in [0.25, 0.3) is 0 Å². The molecule has 0 aliphatic heterocycles. The number of hydrogen-bond acceptors (Lipinski definition) is 6. The summed E-state index contributed by atoms with van der Waals surface area (Å²) in [7, 11) is 0. The average molecular weight is 488 g/mol. The molecule has 8 heteroatoms. The number of benzene rings is 1. The number of carboxylic acids is 1. The van der Waals surface area contributed by atoms with E-state index >= 15 is 0 Å². The summed E-state index contributed by atoms with van der Waals surface area (Å²) in [5.74, 6) is -0.454. The van der Waals surface area contributed by atoms with Gasteiger partial charge in [-0.15, -0.1) is 0 Å². The van der Waals surface area contributed by atoms with E-state index in [1.165, 1.54) is 0 Å². The average Bonchev–Trinajstić information content (AvgIpc) is 2.86. The monoisotopic (exact) mass is 487 g/mol. The second kappa shape index (κ2) is 15.5. The van der Waals surface area contributed by atoms with Gasteiger partial charge in [0, 0.05) is 31.4 Å². The molecule has 0 saturated heterocycles. The molecule has 4 atom stereocenters. The first-order chi connectivity index (χ1) is 16.4. The molecule has 0 radical (unpaired) electrons. The minimum Gasteiger partial charge on any atom is -0.480 e. The summed E-state index contributed by atoms with van der Waals surface area (Å²) in [6.07, 6.45) is 6.39. The zero-order chi connectivity index (χ0) is 24.8. The predicted molar refractivity (Wildman–Crippen MR) is 137 cm³/mol. The third-order valence-electron chi connectivity index (χ3n) is 5.88. The summed E-state index contributed by atoms with van der Waals surface area (Å²) >= 11 is 1.55. The summed E-state index contributed by atoms with van der Waals surface area (Å²) in [6, 6.07) is 12.7. The number of hydrogen-bond donors (Lipinski definition) is 3. The number of amides is 1. The molecule has 0 aliphatic carbocycles. The quantitative estimate of drug-likeness (QED) is 0.333. The van der Waals surface area contributed by atoms with E-state index in [1.807, 2.05) is 54.9 Å². The minimum absolute atomic E-state index is 0.0306. The molecule has 2 aromatic rings. The molecule has 7 nitrogen and oxygen atoms in total. The summed E-state index contributed by atoms with van der Waals surface area (Å²) in [5.41, 5.74) is 2.04. The highest BCUT2D eigenvalue weighted by atomic mass is 32.2. The van der Waals surface area contributed by atoms with E-state index in [0.717, 1.165) is 17.5 Å². The second-order valence-corrected chi connectivity index (χ2v) is 9.41. The number of nitrogens with zero attached hydrogens (tertiary/aromatic N) is 1. The maximum absolute atomic E-state index is 13.1. The molecule has 0 bridgehead atoms. The molecule has 1 heterocycles. The number of carbonyl (C=O) groups is 2. The third kappa shape index (κ3) is 9.83. The van der Waals surface area contributed by atoms with Crippen LogP contribution in [0.25, 0.3) is 0 Å². The van der Waals surface area contributed by atoms with Gasteiger partial charge in [0.15, 0.2) is 0 Å². The Balaban J connectivity index is 2.09. The van der Waals surface area contributed by atoms with Gasteiger partial charge < -0.3 is 20.5 Å². The fourth-order valence-electron chi connectivity index (χ4n) is 3.49. The number of carboxylic acid groups (broad SMARTS) is 1. The van der Waals surface area contributed by atoms with Gasteiger partial charge >= 0.3 is 5.97 Å². The molecular formula is C26H37N3O4S. The summed E-state index contributed by atoms with van der Waals surface area (Å²) in [5, 5.41) is 15.8. The largest absolute Gasteiger partial charge is 0.480 e. The van der Waals surface area contributed by atoms with E-state index < -0.39 is 24.0 Å². The van der Waals surface area contributed by atoms with Gasteiger partial charge in [0.05, 0.1) is 6.61 Å². The number of pyridine rings is 1. The van der Waals surface area contributed by atoms with Gasteiger partial charge in [0.2, 0.25) is 5.91 Å². The van der Waals surface area contributed by atoms with Crippen molar-refractivity contribution in [3.05, 3.63) is 66.0 Å². The molecule has 0 saturated carbocycles. The fraction of sp³-hybridized carbons (Fsp3) is 0.500. The van der Waals surface area contributed by atoms with Crippen molar-refractivity contribution >= 4 is 23.6 Å². The van der Waals surface area contributed by atoms with Gasteiger partial charge in [0.1, 0.15) is 12.1 Å². The second-order valence-electron chi connectivity index (χ2n) is 8.43. The van der Waals surface area contributed by atoms with Crippen molar-refractivity contribution in [2.75, 3.05) is 18.6 Å². The van der Waals surface area contributed by atoms with Gasteiger partial charge in [-0.3, -0.25) is 9.78 Å². The van der Waals surface area contributed by atoms with Crippen molar-refractivity contribution in [1.82, 2.24) is 15.6 Å². The van der Waals surface area contributed by atoms with Crippen molar-refractivity contribution in [3.63, 3.8) is 0 Å². The van der Waals surface area contributed by atoms with E-state index in [2.05, 4.69) is 29.5 Å². The summed E-state index contributed by atoms with van der Waals surface area (Å²) < 4.78 is 6.18. The van der Waals surface area contributed by atoms with Gasteiger partial charge in [-0.1, -0.05) is 56.7 Å². The van der Waals surface area contributed by atoms with Crippen LogP contribution in [-0.4, -0.2) is 58.8 Å². The maximum Gasteiger partial charge on any atom is 0.326 e. The molecule has 34 heavy (non-hydrogen) atoms. The number of thioether (sulfide) groups is 1. The van der Waals surface area contributed by atoms with Crippen molar-refractivity contribution in [3.8, 4) is 0 Å². The molecule has 0 spiro atoms. The van der Waals surface area contributed by atoms with Crippen LogP contribution in [0.5, 0.6) is 0 Å². The minimum atomic E-state index is -1.03. The number of nitrogens with one attached hydrogen (secondary N) is 2. The fourth-order valence-corrected chi connectivity index (χ4v) is 3.96. The molecular weight excluding hydrogens is 450 g/mol. The van der Waals surface area contributed by atoms with Crippen LogP contribution in [0.1, 0.15) is 37.8 Å². The Hall–Kier alpha value is -2.42. The zero-order valence-electron chi connectivity index (χ0n) is 20.3. The molecule has 0 unspecified atom stereocenters. The van der Waals surface area contributed by atoms with Crippen LogP contribution in [0, 0.1) is 5.92 Å². The van der Waals surface area contributed by atoms with Crippen molar-refractivity contribution in [2.45, 2.75) is 57.8 Å². The Morgan fingerprint density at radius 2 is 1.88 bits per heavy atom. The van der Waals surface area contributed by atoms with Crippen LogP contribution in [0.3, 0.4) is 0 Å². The van der Waals surface area contributed by atoms with E-state index in [9.17, 15) is 14.7 Å². The van der Waals surface area contributed by atoms with E-state index in [4.69, 9.17) is 4.74 Å². The van der Waals surface area contributed by atoms with Crippen molar-refractivity contribution < 1.29 is 19.4 Å². The first kappa shape index (κ1) is 27.8. The third-order valence-corrected chi connectivity index (χ3v) is 6.52. The zero-order valence-corrected chi connectivity index (χ0v) is 21.1. The van der Waals surface area contributed by atoms with Crippen LogP contribution in [0.2, 0.25) is 0 Å². The molecule has 0 fully saturated rings. The Labute approximate surface area is 207 Å². The topological polar surface area (TPSA) is 101 Å². The van der Waals surface area contributed by atoms with Gasteiger partial charge in [-0.05, 0) is 41.5 Å². The lowest BCUT2D eigenvalue weighted by Crippen LogP contribution is -2.48. The van der Waals surface area contributed by atoms with Gasteiger partial charge in [-0.25, -0.2) is 4.79 Å². The number of ether oxygens (including phenoxy) is 1. The maximum atomic E-state index is 13.1. The van der Waals surface area contributed by atoms with Crippen LogP contribution in [0.4, 0.5) is 0 Å². The highest BCUT2D eigenvalue weighted by molar-refractivity contribution is 7.98. The van der Waals surface area contributed by atoms with Crippen molar-refractivity contribution in [2.24, 2.45) is 5.92 Å². The van der Waals surface area contributed by atoms with E-state index in [-0.39, 0.29) is 6.04 Å². The summed E-state index contributed by atoms with van der Waals surface area (Å²) in [4.78, 5) is 28.9. The standard InChI is InChI=1S/C26H37N3O4S/c1-4-19(2)23(28-17-21-11-8-13-27-16-21)18-33-24(15-20-9-6-5-7-10-20)25(30)29-22(26(31)32)12-14-34-3/h5-11,13,16,19,22-24,28H,4,12,14-15,17-18H2,1-3H3,(H,29,30)(H,31,32)/t19-,22-,23+,24-/m0/s1. The van der Waals surface area contributed by atoms with Crippen molar-refractivity contribution in [1.29, 1.82) is 0 Å². The SMILES string of the molecule is CC[C@H](C)[C@@H](CO[C@@H](Cc1ccccc1)C(=O)N[C@@H](CCSC)C(=O)O)NCc1cccnc1. The Kier molecular flexibility index (Phi) is 12.7. The normalized spacial score (nSPS) is 14.7. The number of rotatable bonds is 16. The number of aliphatic carboxylic acids is 1. The predicted octanol–water partition coefficient (Wildman–Crippen LogP) is 3.54. The van der Waals surface area contributed by atoms with Crippen LogP contribution < -0.4 is 10.6 Å². The molecule has 1 amide bonds. The lowest BCUT2D eigenvalue weighted by atomic mass is 9.99. The first-order valence-electron chi connectivity index (χ1n) is 11.7. The van der Waals surface area contributed by atoms with Crippen LogP contribution in [0.15, 0.2) is 54.9 Å². The Morgan fingerprint density at radius 3 is 2.50 bits per heavy atom. The number of carbonyl (C=O) groups excluding carboxylic acids is 1. The Morgan fingerprint density at radius 1 is 1.15 bits per heavy atom. The smallest absolute Gasteiger partial charge is 0.326 e. The molecule has 186 valence electrons. The van der Waals surface area contributed by atoms with E-state index in [1.54, 1.807) is 18.0 Å². The van der Waals surface area contributed by atoms with Crippen LogP contribution in [-0.2, 0) is 27.3 Å². The van der Waals surface area contributed by atoms with E-state index in [0.29, 0.717) is 37.7 Å².